The lowest BCUT2D eigenvalue weighted by molar-refractivity contribution is 0.251. The first-order valence-electron chi connectivity index (χ1n) is 7.00. The number of benzene rings is 1. The Kier molecular flexibility index (Phi) is 4.22. The van der Waals surface area contributed by atoms with E-state index in [4.69, 9.17) is 0 Å². The van der Waals surface area contributed by atoms with Crippen LogP contribution in [0.5, 0.6) is 0 Å². The van der Waals surface area contributed by atoms with Gasteiger partial charge in [0.25, 0.3) is 0 Å². The van der Waals surface area contributed by atoms with Crippen molar-refractivity contribution in [3.8, 4) is 0 Å². The van der Waals surface area contributed by atoms with E-state index >= 15 is 0 Å². The largest absolute Gasteiger partial charge is 0.311 e. The molecule has 0 spiro atoms. The maximum absolute atomic E-state index is 3.80. The third kappa shape index (κ3) is 3.57. The summed E-state index contributed by atoms with van der Waals surface area (Å²) >= 11 is 0. The van der Waals surface area contributed by atoms with Gasteiger partial charge < -0.3 is 5.32 Å². The van der Waals surface area contributed by atoms with Gasteiger partial charge in [0.15, 0.2) is 0 Å². The van der Waals surface area contributed by atoms with Crippen LogP contribution in [0.1, 0.15) is 57.4 Å². The van der Waals surface area contributed by atoms with E-state index in [1.165, 1.54) is 37.7 Å². The van der Waals surface area contributed by atoms with Crippen molar-refractivity contribution >= 4 is 0 Å². The molecular weight excluding hydrogens is 206 g/mol. The molecule has 1 nitrogen and oxygen atoms in total. The molecule has 94 valence electrons. The van der Waals surface area contributed by atoms with Gasteiger partial charge in [-0.05, 0) is 31.2 Å². The third-order valence-electron chi connectivity index (χ3n) is 4.16. The second-order valence-corrected chi connectivity index (χ2v) is 5.81. The summed E-state index contributed by atoms with van der Waals surface area (Å²) < 4.78 is 0. The van der Waals surface area contributed by atoms with Gasteiger partial charge in [0.05, 0.1) is 0 Å². The fourth-order valence-corrected chi connectivity index (χ4v) is 2.81. The van der Waals surface area contributed by atoms with Crippen LogP contribution in [0.3, 0.4) is 0 Å². The molecule has 1 aromatic rings. The molecule has 0 bridgehead atoms. The number of nitrogens with one attached hydrogen (secondary N) is 1. The summed E-state index contributed by atoms with van der Waals surface area (Å²) in [5.74, 6) is 0.606. The van der Waals surface area contributed by atoms with E-state index in [0.717, 1.165) is 6.54 Å². The van der Waals surface area contributed by atoms with Crippen molar-refractivity contribution in [2.75, 3.05) is 6.54 Å². The van der Waals surface area contributed by atoms with Gasteiger partial charge in [0.1, 0.15) is 0 Å². The zero-order valence-electron chi connectivity index (χ0n) is 11.2. The molecule has 0 heterocycles. The van der Waals surface area contributed by atoms with Crippen LogP contribution in [-0.4, -0.2) is 12.1 Å². The Labute approximate surface area is 106 Å². The van der Waals surface area contributed by atoms with E-state index in [1.807, 2.05) is 0 Å². The molecule has 1 atom stereocenters. The molecule has 1 saturated carbocycles. The lowest BCUT2D eigenvalue weighted by Crippen LogP contribution is -2.45. The van der Waals surface area contributed by atoms with Crippen molar-refractivity contribution in [1.82, 2.24) is 5.32 Å². The van der Waals surface area contributed by atoms with Gasteiger partial charge in [-0.15, -0.1) is 0 Å². The quantitative estimate of drug-likeness (QED) is 0.822. The van der Waals surface area contributed by atoms with E-state index in [0.29, 0.717) is 11.5 Å². The van der Waals surface area contributed by atoms with Gasteiger partial charge in [-0.25, -0.2) is 0 Å². The average molecular weight is 231 g/mol. The Bertz CT molecular complexity index is 325. The molecule has 0 aromatic heterocycles. The van der Waals surface area contributed by atoms with Crippen LogP contribution in [0.2, 0.25) is 0 Å². The summed E-state index contributed by atoms with van der Waals surface area (Å²) in [6.45, 7) is 5.80. The van der Waals surface area contributed by atoms with Gasteiger partial charge in [0.2, 0.25) is 0 Å². The van der Waals surface area contributed by atoms with Crippen LogP contribution in [0.15, 0.2) is 30.3 Å². The normalized spacial score (nSPS) is 21.1. The average Bonchev–Trinajstić information content (AvgIpc) is 2.38. The van der Waals surface area contributed by atoms with Crippen LogP contribution in [0.4, 0.5) is 0 Å². The van der Waals surface area contributed by atoms with Crippen molar-refractivity contribution in [2.24, 2.45) is 0 Å². The van der Waals surface area contributed by atoms with Gasteiger partial charge in [0, 0.05) is 12.1 Å². The van der Waals surface area contributed by atoms with Crippen LogP contribution >= 0.6 is 0 Å². The van der Waals surface area contributed by atoms with E-state index in [1.54, 1.807) is 0 Å². The molecule has 1 heteroatoms. The number of hydrogen-bond acceptors (Lipinski definition) is 1. The Morgan fingerprint density at radius 3 is 2.41 bits per heavy atom. The van der Waals surface area contributed by atoms with Crippen molar-refractivity contribution in [2.45, 2.75) is 57.4 Å². The smallest absolute Gasteiger partial charge is 0.0153 e. The Hall–Kier alpha value is -0.820. The minimum absolute atomic E-state index is 0.390. The minimum atomic E-state index is 0.390. The van der Waals surface area contributed by atoms with Crippen LogP contribution in [0.25, 0.3) is 0 Å². The van der Waals surface area contributed by atoms with Crippen molar-refractivity contribution in [3.05, 3.63) is 35.9 Å². The molecule has 0 aliphatic heterocycles. The third-order valence-corrected chi connectivity index (χ3v) is 4.16. The Morgan fingerprint density at radius 2 is 1.76 bits per heavy atom. The maximum atomic E-state index is 3.80. The monoisotopic (exact) mass is 231 g/mol. The topological polar surface area (TPSA) is 12.0 Å². The second-order valence-electron chi connectivity index (χ2n) is 5.81. The molecule has 1 aliphatic rings. The zero-order valence-corrected chi connectivity index (χ0v) is 11.2. The number of rotatable bonds is 4. The first-order valence-corrected chi connectivity index (χ1v) is 7.00. The molecule has 2 rings (SSSR count). The lowest BCUT2D eigenvalue weighted by Gasteiger charge is -2.35. The van der Waals surface area contributed by atoms with Crippen molar-refractivity contribution in [3.63, 3.8) is 0 Å². The van der Waals surface area contributed by atoms with Gasteiger partial charge >= 0.3 is 0 Å². The molecular formula is C16H25N. The Morgan fingerprint density at radius 1 is 1.12 bits per heavy atom. The summed E-state index contributed by atoms with van der Waals surface area (Å²) in [4.78, 5) is 0. The summed E-state index contributed by atoms with van der Waals surface area (Å²) in [5, 5.41) is 3.80. The molecule has 1 N–H and O–H groups in total. The molecule has 0 amide bonds. The minimum Gasteiger partial charge on any atom is -0.311 e. The maximum Gasteiger partial charge on any atom is 0.0153 e. The SMILES string of the molecule is CC(CNC1(C)CCCCC1)c1ccccc1. The van der Waals surface area contributed by atoms with Gasteiger partial charge in [-0.2, -0.15) is 0 Å². The van der Waals surface area contributed by atoms with E-state index < -0.39 is 0 Å². The van der Waals surface area contributed by atoms with E-state index in [-0.39, 0.29) is 0 Å². The van der Waals surface area contributed by atoms with E-state index in [9.17, 15) is 0 Å². The summed E-state index contributed by atoms with van der Waals surface area (Å²) in [6, 6.07) is 10.8. The molecule has 1 aliphatic carbocycles. The highest BCUT2D eigenvalue weighted by molar-refractivity contribution is 5.19. The standard InChI is InChI=1S/C16H25N/c1-14(15-9-5-3-6-10-15)13-17-16(2)11-7-4-8-12-16/h3,5-6,9-10,14,17H,4,7-8,11-13H2,1-2H3. The molecule has 1 unspecified atom stereocenters. The van der Waals surface area contributed by atoms with Crippen molar-refractivity contribution in [1.29, 1.82) is 0 Å². The van der Waals surface area contributed by atoms with Crippen LogP contribution in [-0.2, 0) is 0 Å². The molecule has 17 heavy (non-hydrogen) atoms. The van der Waals surface area contributed by atoms with E-state index in [2.05, 4.69) is 49.5 Å². The predicted molar refractivity (Wildman–Crippen MR) is 74.3 cm³/mol. The highest BCUT2D eigenvalue weighted by Gasteiger charge is 2.26. The fourth-order valence-electron chi connectivity index (χ4n) is 2.81. The Balaban J connectivity index is 1.85. The second kappa shape index (κ2) is 5.68. The summed E-state index contributed by atoms with van der Waals surface area (Å²) in [7, 11) is 0. The van der Waals surface area contributed by atoms with Crippen LogP contribution in [0, 0.1) is 0 Å². The van der Waals surface area contributed by atoms with Gasteiger partial charge in [-0.1, -0.05) is 56.5 Å². The highest BCUT2D eigenvalue weighted by Crippen LogP contribution is 2.28. The molecule has 0 radical (unpaired) electrons. The van der Waals surface area contributed by atoms with Gasteiger partial charge in [-0.3, -0.25) is 0 Å². The molecule has 0 saturated heterocycles. The lowest BCUT2D eigenvalue weighted by atomic mass is 9.83. The highest BCUT2D eigenvalue weighted by atomic mass is 15.0. The van der Waals surface area contributed by atoms with Crippen LogP contribution < -0.4 is 5.32 Å². The first kappa shape index (κ1) is 12.6. The fraction of sp³-hybridized carbons (Fsp3) is 0.625. The number of hydrogen-bond donors (Lipinski definition) is 1. The summed E-state index contributed by atoms with van der Waals surface area (Å²) in [5.41, 5.74) is 1.83. The first-order chi connectivity index (χ1) is 8.20. The summed E-state index contributed by atoms with van der Waals surface area (Å²) in [6.07, 6.45) is 6.89. The zero-order chi connectivity index (χ0) is 12.1. The molecule has 1 aromatic carbocycles. The predicted octanol–water partition coefficient (Wildman–Crippen LogP) is 4.10. The van der Waals surface area contributed by atoms with Crippen molar-refractivity contribution < 1.29 is 0 Å². The molecule has 1 fully saturated rings.